The lowest BCUT2D eigenvalue weighted by Crippen LogP contribution is -2.00. The summed E-state index contributed by atoms with van der Waals surface area (Å²) in [6, 6.07) is 7.46. The van der Waals surface area contributed by atoms with Crippen molar-refractivity contribution in [2.24, 2.45) is 0 Å². The molecule has 0 aliphatic carbocycles. The van der Waals surface area contributed by atoms with Crippen LogP contribution in [0.3, 0.4) is 0 Å². The van der Waals surface area contributed by atoms with Gasteiger partial charge in [0.05, 0.1) is 10.7 Å². The SMILES string of the molecule is CSc1nc(N)cc(Nc2ccc(C)cc2Cl)n1. The molecule has 4 nitrogen and oxygen atoms in total. The minimum atomic E-state index is 0.431. The highest BCUT2D eigenvalue weighted by atomic mass is 35.5. The molecule has 2 aromatic rings. The molecule has 0 spiro atoms. The largest absolute Gasteiger partial charge is 0.383 e. The molecule has 18 heavy (non-hydrogen) atoms. The second-order valence-electron chi connectivity index (χ2n) is 3.77. The van der Waals surface area contributed by atoms with Crippen molar-refractivity contribution in [3.8, 4) is 0 Å². The summed E-state index contributed by atoms with van der Waals surface area (Å²) < 4.78 is 0. The summed E-state index contributed by atoms with van der Waals surface area (Å²) in [4.78, 5) is 8.40. The van der Waals surface area contributed by atoms with Crippen LogP contribution in [0.5, 0.6) is 0 Å². The standard InChI is InChI=1S/C12H13ClN4S/c1-7-3-4-9(8(13)5-7)15-11-6-10(14)16-12(17-11)18-2/h3-6H,1-2H3,(H3,14,15,16,17). The molecular weight excluding hydrogens is 268 g/mol. The highest BCUT2D eigenvalue weighted by molar-refractivity contribution is 7.98. The van der Waals surface area contributed by atoms with Crippen LogP contribution in [0.25, 0.3) is 0 Å². The van der Waals surface area contributed by atoms with Gasteiger partial charge in [-0.15, -0.1) is 0 Å². The predicted octanol–water partition coefficient (Wildman–Crippen LogP) is 3.49. The van der Waals surface area contributed by atoms with Crippen LogP contribution in [-0.4, -0.2) is 16.2 Å². The summed E-state index contributed by atoms with van der Waals surface area (Å²) in [7, 11) is 0. The van der Waals surface area contributed by atoms with Crippen molar-refractivity contribution in [3.63, 3.8) is 0 Å². The van der Waals surface area contributed by atoms with Gasteiger partial charge in [-0.3, -0.25) is 0 Å². The van der Waals surface area contributed by atoms with Gasteiger partial charge in [0.2, 0.25) is 0 Å². The van der Waals surface area contributed by atoms with Crippen LogP contribution in [0.4, 0.5) is 17.3 Å². The molecule has 0 bridgehead atoms. The lowest BCUT2D eigenvalue weighted by Gasteiger charge is -2.09. The minimum absolute atomic E-state index is 0.431. The number of nitrogens with one attached hydrogen (secondary N) is 1. The van der Waals surface area contributed by atoms with E-state index in [4.69, 9.17) is 17.3 Å². The summed E-state index contributed by atoms with van der Waals surface area (Å²) in [6.07, 6.45) is 1.90. The van der Waals surface area contributed by atoms with E-state index in [1.807, 2.05) is 31.4 Å². The molecule has 6 heteroatoms. The third-order valence-corrected chi connectivity index (χ3v) is 3.16. The number of hydrogen-bond donors (Lipinski definition) is 2. The fourth-order valence-electron chi connectivity index (χ4n) is 1.46. The Balaban J connectivity index is 2.30. The summed E-state index contributed by atoms with van der Waals surface area (Å²) in [5.41, 5.74) is 7.62. The maximum Gasteiger partial charge on any atom is 0.191 e. The molecule has 0 amide bonds. The molecule has 0 fully saturated rings. The average molecular weight is 281 g/mol. The van der Waals surface area contributed by atoms with Crippen LogP contribution < -0.4 is 11.1 Å². The number of anilines is 3. The highest BCUT2D eigenvalue weighted by Crippen LogP contribution is 2.26. The summed E-state index contributed by atoms with van der Waals surface area (Å²) in [6.45, 7) is 1.99. The van der Waals surface area contributed by atoms with Crippen molar-refractivity contribution in [2.45, 2.75) is 12.1 Å². The van der Waals surface area contributed by atoms with Gasteiger partial charge in [-0.1, -0.05) is 29.4 Å². The van der Waals surface area contributed by atoms with E-state index < -0.39 is 0 Å². The van der Waals surface area contributed by atoms with Crippen molar-refractivity contribution >= 4 is 40.7 Å². The summed E-state index contributed by atoms with van der Waals surface area (Å²) in [5.74, 6) is 1.07. The van der Waals surface area contributed by atoms with Crippen molar-refractivity contribution in [1.29, 1.82) is 0 Å². The number of aryl methyl sites for hydroxylation is 1. The quantitative estimate of drug-likeness (QED) is 0.666. The number of halogens is 1. The Bertz CT molecular complexity index is 574. The monoisotopic (exact) mass is 280 g/mol. The molecule has 1 heterocycles. The number of nitrogens with two attached hydrogens (primary N) is 1. The number of rotatable bonds is 3. The molecule has 0 unspecified atom stereocenters. The number of aromatic nitrogens is 2. The van der Waals surface area contributed by atoms with Gasteiger partial charge in [-0.05, 0) is 30.9 Å². The molecule has 1 aromatic heterocycles. The zero-order valence-electron chi connectivity index (χ0n) is 10.1. The topological polar surface area (TPSA) is 63.8 Å². The van der Waals surface area contributed by atoms with Crippen LogP contribution in [-0.2, 0) is 0 Å². The van der Waals surface area contributed by atoms with Gasteiger partial charge < -0.3 is 11.1 Å². The Morgan fingerprint density at radius 3 is 2.72 bits per heavy atom. The van der Waals surface area contributed by atoms with Crippen molar-refractivity contribution in [1.82, 2.24) is 9.97 Å². The molecule has 1 aromatic carbocycles. The van der Waals surface area contributed by atoms with E-state index >= 15 is 0 Å². The molecule has 94 valence electrons. The Kier molecular flexibility index (Phi) is 3.93. The molecule has 0 saturated heterocycles. The van der Waals surface area contributed by atoms with Crippen LogP contribution in [0.1, 0.15) is 5.56 Å². The normalized spacial score (nSPS) is 10.4. The van der Waals surface area contributed by atoms with Gasteiger partial charge in [0.15, 0.2) is 5.16 Å². The maximum absolute atomic E-state index is 6.15. The highest BCUT2D eigenvalue weighted by Gasteiger charge is 2.05. The van der Waals surface area contributed by atoms with Crippen LogP contribution >= 0.6 is 23.4 Å². The summed E-state index contributed by atoms with van der Waals surface area (Å²) >= 11 is 7.59. The first-order valence-corrected chi connectivity index (χ1v) is 6.90. The third-order valence-electron chi connectivity index (χ3n) is 2.30. The second kappa shape index (κ2) is 5.46. The van der Waals surface area contributed by atoms with Gasteiger partial charge >= 0.3 is 0 Å². The molecule has 2 rings (SSSR count). The Hall–Kier alpha value is -1.46. The number of thioether (sulfide) groups is 1. The smallest absolute Gasteiger partial charge is 0.191 e. The van der Waals surface area contributed by atoms with Crippen LogP contribution in [0, 0.1) is 6.92 Å². The first-order chi connectivity index (χ1) is 8.58. The summed E-state index contributed by atoms with van der Waals surface area (Å²) in [5, 5.41) is 4.42. The van der Waals surface area contributed by atoms with Gasteiger partial charge in [0, 0.05) is 6.07 Å². The van der Waals surface area contributed by atoms with E-state index in [-0.39, 0.29) is 0 Å². The lowest BCUT2D eigenvalue weighted by atomic mass is 10.2. The van der Waals surface area contributed by atoms with Crippen LogP contribution in [0.15, 0.2) is 29.4 Å². The molecule has 0 aliphatic heterocycles. The van der Waals surface area contributed by atoms with E-state index in [1.165, 1.54) is 11.8 Å². The predicted molar refractivity (Wildman–Crippen MR) is 77.7 cm³/mol. The zero-order chi connectivity index (χ0) is 13.1. The van der Waals surface area contributed by atoms with Gasteiger partial charge in [0.1, 0.15) is 11.6 Å². The van der Waals surface area contributed by atoms with E-state index in [1.54, 1.807) is 6.07 Å². The van der Waals surface area contributed by atoms with E-state index in [9.17, 15) is 0 Å². The number of hydrogen-bond acceptors (Lipinski definition) is 5. The number of nitrogen functional groups attached to an aromatic ring is 1. The number of benzene rings is 1. The minimum Gasteiger partial charge on any atom is -0.383 e. The van der Waals surface area contributed by atoms with Crippen molar-refractivity contribution in [3.05, 3.63) is 34.9 Å². The molecule has 0 aliphatic rings. The van der Waals surface area contributed by atoms with Crippen LogP contribution in [0.2, 0.25) is 5.02 Å². The Morgan fingerprint density at radius 1 is 1.28 bits per heavy atom. The zero-order valence-corrected chi connectivity index (χ0v) is 11.6. The molecular formula is C12H13ClN4S. The van der Waals surface area contributed by atoms with Crippen molar-refractivity contribution < 1.29 is 0 Å². The van der Waals surface area contributed by atoms with Gasteiger partial charge in [-0.25, -0.2) is 9.97 Å². The third kappa shape index (κ3) is 3.05. The van der Waals surface area contributed by atoms with Crippen molar-refractivity contribution in [2.75, 3.05) is 17.3 Å². The molecule has 0 saturated carbocycles. The van der Waals surface area contributed by atoms with E-state index in [2.05, 4.69) is 15.3 Å². The fraction of sp³-hybridized carbons (Fsp3) is 0.167. The first-order valence-electron chi connectivity index (χ1n) is 5.30. The molecule has 0 atom stereocenters. The Morgan fingerprint density at radius 2 is 2.06 bits per heavy atom. The van der Waals surface area contributed by atoms with Gasteiger partial charge in [0.25, 0.3) is 0 Å². The van der Waals surface area contributed by atoms with Gasteiger partial charge in [-0.2, -0.15) is 0 Å². The lowest BCUT2D eigenvalue weighted by molar-refractivity contribution is 0.984. The first kappa shape index (κ1) is 13.0. The molecule has 0 radical (unpaired) electrons. The Labute approximate surface area is 115 Å². The number of nitrogens with zero attached hydrogens (tertiary/aromatic N) is 2. The van der Waals surface area contributed by atoms with E-state index in [0.717, 1.165) is 11.3 Å². The average Bonchev–Trinajstić information content (AvgIpc) is 2.32. The second-order valence-corrected chi connectivity index (χ2v) is 4.95. The fourth-order valence-corrected chi connectivity index (χ4v) is 2.13. The molecule has 3 N–H and O–H groups in total. The maximum atomic E-state index is 6.15. The van der Waals surface area contributed by atoms with E-state index in [0.29, 0.717) is 21.8 Å².